The summed E-state index contributed by atoms with van der Waals surface area (Å²) in [5.74, 6) is 2.66. The number of hydrogen-bond donors (Lipinski definition) is 2. The van der Waals surface area contributed by atoms with E-state index in [-0.39, 0.29) is 17.7 Å². The lowest BCUT2D eigenvalue weighted by Crippen LogP contribution is -2.27. The summed E-state index contributed by atoms with van der Waals surface area (Å²) >= 11 is 3.64. The van der Waals surface area contributed by atoms with Crippen LogP contribution in [-0.4, -0.2) is 33.7 Å². The molecule has 0 fully saturated rings. The molecule has 1 aliphatic heterocycles. The molecule has 8 heteroatoms. The summed E-state index contributed by atoms with van der Waals surface area (Å²) < 4.78 is 23.2. The zero-order chi connectivity index (χ0) is 26.8. The Morgan fingerprint density at radius 2 is 1.61 bits per heavy atom. The van der Waals surface area contributed by atoms with Gasteiger partial charge in [-0.2, -0.15) is 0 Å². The van der Waals surface area contributed by atoms with Crippen LogP contribution in [0.25, 0.3) is 0 Å². The molecular weight excluding hydrogens is 548 g/mol. The summed E-state index contributed by atoms with van der Waals surface area (Å²) in [4.78, 5) is 13.9. The largest absolute Gasteiger partial charge is 0.493 e. The Morgan fingerprint density at radius 1 is 0.868 bits per heavy atom. The summed E-state index contributed by atoms with van der Waals surface area (Å²) in [5, 5.41) is 7.22. The number of benzene rings is 3. The van der Waals surface area contributed by atoms with E-state index in [0.717, 1.165) is 38.2 Å². The van der Waals surface area contributed by atoms with Crippen molar-refractivity contribution in [3.05, 3.63) is 81.5 Å². The molecule has 1 aliphatic carbocycles. The highest BCUT2D eigenvalue weighted by Gasteiger charge is 2.37. The number of fused-ring (bicyclic) bond motifs is 1. The van der Waals surface area contributed by atoms with Gasteiger partial charge in [0.2, 0.25) is 0 Å². The molecule has 7 nitrogen and oxygen atoms in total. The van der Waals surface area contributed by atoms with Gasteiger partial charge >= 0.3 is 0 Å². The van der Waals surface area contributed by atoms with Gasteiger partial charge in [-0.05, 0) is 82.7 Å². The molecule has 3 aromatic rings. The zero-order valence-corrected chi connectivity index (χ0v) is 23.5. The van der Waals surface area contributed by atoms with Crippen molar-refractivity contribution in [1.29, 1.82) is 0 Å². The Hall–Kier alpha value is -3.65. The molecule has 0 saturated heterocycles. The summed E-state index contributed by atoms with van der Waals surface area (Å²) in [6, 6.07) is 17.5. The molecule has 0 bridgehead atoms. The number of Topliss-reactive ketones (excluding diaryl/α,β-unsaturated/α-hetero) is 1. The zero-order valence-electron chi connectivity index (χ0n) is 21.9. The van der Waals surface area contributed by atoms with Crippen molar-refractivity contribution in [2.75, 3.05) is 38.6 Å². The number of halogens is 1. The molecule has 2 atom stereocenters. The van der Waals surface area contributed by atoms with Gasteiger partial charge in [0, 0.05) is 17.7 Å². The van der Waals surface area contributed by atoms with Crippen LogP contribution in [0.3, 0.4) is 0 Å². The van der Waals surface area contributed by atoms with E-state index in [9.17, 15) is 4.79 Å². The van der Waals surface area contributed by atoms with E-state index in [0.29, 0.717) is 42.4 Å². The second-order valence-corrected chi connectivity index (χ2v) is 10.1. The first-order chi connectivity index (χ1) is 18.5. The molecule has 2 N–H and O–H groups in total. The molecule has 5 rings (SSSR count). The second kappa shape index (κ2) is 11.0. The van der Waals surface area contributed by atoms with Crippen LogP contribution in [0.2, 0.25) is 0 Å². The number of carbonyl (C=O) groups excluding carboxylic acids is 1. The molecule has 0 amide bonds. The second-order valence-electron chi connectivity index (χ2n) is 9.25. The minimum Gasteiger partial charge on any atom is -0.493 e. The Bertz CT molecular complexity index is 1400. The number of ketones is 1. The molecule has 0 radical (unpaired) electrons. The molecule has 2 aliphatic rings. The molecule has 0 saturated carbocycles. The lowest BCUT2D eigenvalue weighted by molar-refractivity contribution is -0.116. The molecule has 198 valence electrons. The van der Waals surface area contributed by atoms with Crippen molar-refractivity contribution in [2.24, 2.45) is 0 Å². The topological polar surface area (TPSA) is 78.1 Å². The number of rotatable bonds is 7. The Balaban J connectivity index is 1.61. The maximum atomic E-state index is 13.9. The van der Waals surface area contributed by atoms with Gasteiger partial charge in [-0.15, -0.1) is 0 Å². The van der Waals surface area contributed by atoms with Crippen LogP contribution in [-0.2, 0) is 4.79 Å². The number of hydrogen-bond acceptors (Lipinski definition) is 7. The van der Waals surface area contributed by atoms with Crippen LogP contribution in [0, 0.1) is 0 Å². The summed E-state index contributed by atoms with van der Waals surface area (Å²) in [6.07, 6.45) is 1.07. The first kappa shape index (κ1) is 26.0. The third-order valence-electron chi connectivity index (χ3n) is 7.06. The summed E-state index contributed by atoms with van der Waals surface area (Å²) in [7, 11) is 4.86. The number of ether oxygens (including phenoxy) is 4. The number of methoxy groups -OCH3 is 3. The van der Waals surface area contributed by atoms with Crippen molar-refractivity contribution in [3.8, 4) is 23.0 Å². The normalized spacial score (nSPS) is 18.4. The van der Waals surface area contributed by atoms with Crippen LogP contribution >= 0.6 is 15.9 Å². The van der Waals surface area contributed by atoms with E-state index < -0.39 is 0 Å². The van der Waals surface area contributed by atoms with Gasteiger partial charge in [-0.3, -0.25) is 4.79 Å². The maximum absolute atomic E-state index is 13.9. The average Bonchev–Trinajstić information content (AvgIpc) is 3.09. The van der Waals surface area contributed by atoms with E-state index >= 15 is 0 Å². The molecule has 1 heterocycles. The van der Waals surface area contributed by atoms with Crippen LogP contribution in [0.5, 0.6) is 23.0 Å². The minimum atomic E-state index is -0.374. The van der Waals surface area contributed by atoms with Crippen molar-refractivity contribution in [3.63, 3.8) is 0 Å². The fourth-order valence-corrected chi connectivity index (χ4v) is 5.92. The van der Waals surface area contributed by atoms with Gasteiger partial charge in [0.25, 0.3) is 0 Å². The van der Waals surface area contributed by atoms with Crippen molar-refractivity contribution in [1.82, 2.24) is 0 Å². The van der Waals surface area contributed by atoms with Gasteiger partial charge in [-0.1, -0.05) is 18.2 Å². The predicted molar refractivity (Wildman–Crippen MR) is 152 cm³/mol. The fraction of sp³-hybridized carbons (Fsp3) is 0.300. The third-order valence-corrected chi connectivity index (χ3v) is 7.65. The molecule has 38 heavy (non-hydrogen) atoms. The van der Waals surface area contributed by atoms with E-state index in [1.165, 1.54) is 0 Å². The number of nitrogens with one attached hydrogen (secondary N) is 2. The van der Waals surface area contributed by atoms with Gasteiger partial charge in [0.15, 0.2) is 28.8 Å². The Morgan fingerprint density at radius 3 is 2.32 bits per heavy atom. The lowest BCUT2D eigenvalue weighted by atomic mass is 9.78. The number of carbonyl (C=O) groups is 1. The third kappa shape index (κ3) is 4.80. The molecule has 3 aromatic carbocycles. The molecule has 0 spiro atoms. The van der Waals surface area contributed by atoms with Gasteiger partial charge in [-0.25, -0.2) is 0 Å². The van der Waals surface area contributed by atoms with Crippen LogP contribution in [0.1, 0.15) is 42.9 Å². The van der Waals surface area contributed by atoms with Gasteiger partial charge in [0.05, 0.1) is 49.8 Å². The van der Waals surface area contributed by atoms with E-state index in [2.05, 4.69) is 26.6 Å². The average molecular weight is 579 g/mol. The minimum absolute atomic E-state index is 0.000979. The molecular formula is C30H31BrN2O5. The highest BCUT2D eigenvalue weighted by Crippen LogP contribution is 2.47. The highest BCUT2D eigenvalue weighted by molar-refractivity contribution is 9.10. The lowest BCUT2D eigenvalue weighted by Gasteiger charge is -2.30. The highest BCUT2D eigenvalue weighted by atomic mass is 79.9. The quantitative estimate of drug-likeness (QED) is 0.317. The van der Waals surface area contributed by atoms with Gasteiger partial charge in [0.1, 0.15) is 0 Å². The Kier molecular flexibility index (Phi) is 7.51. The maximum Gasteiger partial charge on any atom is 0.174 e. The SMILES string of the molecule is CCOc1cc([C@H]2Nc3ccccc3NC3=C2C(=O)C[C@@H](c2ccc(OC)c(OC)c2)C3)cc(Br)c1OC. The summed E-state index contributed by atoms with van der Waals surface area (Å²) in [5.41, 5.74) is 5.45. The fourth-order valence-electron chi connectivity index (χ4n) is 5.30. The Labute approximate surface area is 231 Å². The predicted octanol–water partition coefficient (Wildman–Crippen LogP) is 6.85. The van der Waals surface area contributed by atoms with Crippen LogP contribution < -0.4 is 29.6 Å². The summed E-state index contributed by atoms with van der Waals surface area (Å²) in [6.45, 7) is 2.43. The van der Waals surface area contributed by atoms with Gasteiger partial charge < -0.3 is 29.6 Å². The smallest absolute Gasteiger partial charge is 0.174 e. The van der Waals surface area contributed by atoms with Crippen LogP contribution in [0.15, 0.2) is 70.3 Å². The monoisotopic (exact) mass is 578 g/mol. The standard InChI is InChI=1S/C30H31BrN2O5/c1-5-38-27-16-19(12-20(31)30(27)37-4)29-28-23(32-21-8-6-7-9-22(21)33-29)13-18(14-24(28)34)17-10-11-25(35-2)26(15-17)36-3/h6-12,15-16,18,29,32-33H,5,13-14H2,1-4H3/t18-,29+/m0/s1. The van der Waals surface area contributed by atoms with Crippen LogP contribution in [0.4, 0.5) is 11.4 Å². The number of anilines is 2. The van der Waals surface area contributed by atoms with Crippen molar-refractivity contribution >= 4 is 33.1 Å². The van der Waals surface area contributed by atoms with E-state index in [1.54, 1.807) is 21.3 Å². The number of allylic oxidation sites excluding steroid dienone is 1. The van der Waals surface area contributed by atoms with E-state index in [4.69, 9.17) is 18.9 Å². The molecule has 0 aromatic heterocycles. The number of para-hydroxylation sites is 2. The first-order valence-electron chi connectivity index (χ1n) is 12.6. The van der Waals surface area contributed by atoms with E-state index in [1.807, 2.05) is 61.5 Å². The van der Waals surface area contributed by atoms with Crippen molar-refractivity contribution in [2.45, 2.75) is 31.7 Å². The molecule has 0 unspecified atom stereocenters. The first-order valence-corrected chi connectivity index (χ1v) is 13.4. The van der Waals surface area contributed by atoms with Crippen molar-refractivity contribution < 1.29 is 23.7 Å².